The third kappa shape index (κ3) is 7.26. The van der Waals surface area contributed by atoms with Crippen molar-refractivity contribution < 1.29 is 22.6 Å². The van der Waals surface area contributed by atoms with E-state index in [9.17, 15) is 13.2 Å². The Bertz CT molecular complexity index is 1110. The maximum Gasteiger partial charge on any atom is 0.421 e. The summed E-state index contributed by atoms with van der Waals surface area (Å²) in [6.07, 6.45) is 2.14. The molecule has 1 aliphatic rings. The molecule has 0 amide bonds. The number of alkyl halides is 3. The normalized spacial score (nSPS) is 14.5. The summed E-state index contributed by atoms with van der Waals surface area (Å²) in [6.45, 7) is 4.63. The van der Waals surface area contributed by atoms with Crippen LogP contribution in [0.25, 0.3) is 0 Å². The minimum atomic E-state index is -4.61. The quantitative estimate of drug-likeness (QED) is 0.313. The van der Waals surface area contributed by atoms with Gasteiger partial charge in [0.25, 0.3) is 0 Å². The molecule has 192 valence electrons. The highest BCUT2D eigenvalue weighted by molar-refractivity contribution is 5.63. The average molecular weight is 501 g/mol. The fourth-order valence-electron chi connectivity index (χ4n) is 3.90. The number of nitrogens with zero attached hydrogens (tertiary/aromatic N) is 2. The van der Waals surface area contributed by atoms with Gasteiger partial charge in [-0.25, -0.2) is 4.98 Å². The second-order valence-electron chi connectivity index (χ2n) is 9.34. The predicted molar refractivity (Wildman–Crippen MR) is 134 cm³/mol. The lowest BCUT2D eigenvalue weighted by Crippen LogP contribution is -2.19. The van der Waals surface area contributed by atoms with E-state index in [4.69, 9.17) is 9.47 Å². The Morgan fingerprint density at radius 1 is 0.889 bits per heavy atom. The number of ether oxygens (including phenoxy) is 2. The molecule has 0 saturated heterocycles. The molecule has 0 unspecified atom stereocenters. The van der Waals surface area contributed by atoms with Crippen LogP contribution < -0.4 is 20.1 Å². The number of anilines is 4. The van der Waals surface area contributed by atoms with Crippen molar-refractivity contribution in [3.05, 3.63) is 60.3 Å². The van der Waals surface area contributed by atoms with Crippen molar-refractivity contribution in [1.82, 2.24) is 9.97 Å². The first-order valence-electron chi connectivity index (χ1n) is 12.2. The predicted octanol–water partition coefficient (Wildman–Crippen LogP) is 7.73. The summed E-state index contributed by atoms with van der Waals surface area (Å²) in [5.41, 5.74) is 0.138. The molecule has 2 N–H and O–H groups in total. The fraction of sp³-hybridized carbons (Fsp3) is 0.407. The number of aromatic nitrogens is 2. The maximum atomic E-state index is 13.6. The van der Waals surface area contributed by atoms with Crippen LogP contribution in [0.5, 0.6) is 11.5 Å². The number of hydrogen-bond donors (Lipinski definition) is 2. The van der Waals surface area contributed by atoms with Gasteiger partial charge < -0.3 is 20.1 Å². The lowest BCUT2D eigenvalue weighted by molar-refractivity contribution is -0.137. The minimum Gasteiger partial charge on any atom is -0.493 e. The number of hydrogen-bond acceptors (Lipinski definition) is 6. The second-order valence-corrected chi connectivity index (χ2v) is 9.34. The van der Waals surface area contributed by atoms with E-state index in [1.165, 1.54) is 19.3 Å². The molecular weight excluding hydrogens is 469 g/mol. The van der Waals surface area contributed by atoms with Crippen molar-refractivity contribution in [2.75, 3.05) is 17.2 Å². The molecule has 0 spiro atoms. The standard InChI is InChI=1S/C27H31F3N4O2/c1-18(2)17-35-21-12-8-19(9-13-21)32-25-24(27(28,29)30)16-31-26(34-25)33-20-10-14-23(15-11-20)36-22-6-4-3-5-7-22/h8-16,18,22H,3-7,17H2,1-2H3,(H2,31,32,33,34). The summed E-state index contributed by atoms with van der Waals surface area (Å²) in [6, 6.07) is 14.0. The Morgan fingerprint density at radius 3 is 2.11 bits per heavy atom. The first kappa shape index (κ1) is 25.6. The summed E-state index contributed by atoms with van der Waals surface area (Å²) in [5.74, 6) is 1.48. The number of rotatable bonds is 9. The van der Waals surface area contributed by atoms with Crippen LogP contribution in [0, 0.1) is 5.92 Å². The number of nitrogens with one attached hydrogen (secondary N) is 2. The Hall–Kier alpha value is -3.49. The molecular formula is C27H31F3N4O2. The van der Waals surface area contributed by atoms with Crippen LogP contribution >= 0.6 is 0 Å². The highest BCUT2D eigenvalue weighted by Crippen LogP contribution is 2.35. The van der Waals surface area contributed by atoms with E-state index in [1.807, 2.05) is 26.0 Å². The van der Waals surface area contributed by atoms with Gasteiger partial charge >= 0.3 is 6.18 Å². The lowest BCUT2D eigenvalue weighted by atomic mass is 9.98. The largest absolute Gasteiger partial charge is 0.493 e. The Labute approximate surface area is 209 Å². The molecule has 1 aliphatic carbocycles. The minimum absolute atomic E-state index is 0.0448. The third-order valence-corrected chi connectivity index (χ3v) is 5.76. The van der Waals surface area contributed by atoms with Crippen LogP contribution in [0.4, 0.5) is 36.3 Å². The summed E-state index contributed by atoms with van der Waals surface area (Å²) in [4.78, 5) is 7.99. The molecule has 1 aromatic heterocycles. The van der Waals surface area contributed by atoms with Gasteiger partial charge in [0.05, 0.1) is 12.7 Å². The van der Waals surface area contributed by atoms with Crippen molar-refractivity contribution in [3.8, 4) is 11.5 Å². The molecule has 6 nitrogen and oxygen atoms in total. The SMILES string of the molecule is CC(C)COc1ccc(Nc2nc(Nc3ccc(OC4CCCCC4)cc3)ncc2C(F)(F)F)cc1. The Balaban J connectivity index is 1.46. The van der Waals surface area contributed by atoms with Crippen LogP contribution in [0.15, 0.2) is 54.7 Å². The van der Waals surface area contributed by atoms with Gasteiger partial charge in [-0.2, -0.15) is 18.2 Å². The van der Waals surface area contributed by atoms with Gasteiger partial charge in [0.1, 0.15) is 22.9 Å². The van der Waals surface area contributed by atoms with Crippen LogP contribution in [0.1, 0.15) is 51.5 Å². The van der Waals surface area contributed by atoms with Gasteiger partial charge in [-0.3, -0.25) is 0 Å². The van der Waals surface area contributed by atoms with Crippen LogP contribution in [-0.2, 0) is 6.18 Å². The molecule has 2 aromatic carbocycles. The maximum absolute atomic E-state index is 13.6. The molecule has 0 atom stereocenters. The van der Waals surface area contributed by atoms with Gasteiger partial charge in [-0.15, -0.1) is 0 Å². The summed E-state index contributed by atoms with van der Waals surface area (Å²) in [7, 11) is 0. The van der Waals surface area contributed by atoms with Crippen molar-refractivity contribution in [3.63, 3.8) is 0 Å². The van der Waals surface area contributed by atoms with Gasteiger partial charge in [0.2, 0.25) is 5.95 Å². The third-order valence-electron chi connectivity index (χ3n) is 5.76. The first-order chi connectivity index (χ1) is 17.3. The van der Waals surface area contributed by atoms with Crippen molar-refractivity contribution in [2.45, 2.75) is 58.2 Å². The van der Waals surface area contributed by atoms with Crippen LogP contribution in [0.2, 0.25) is 0 Å². The molecule has 0 bridgehead atoms. The molecule has 1 heterocycles. The highest BCUT2D eigenvalue weighted by Gasteiger charge is 2.35. The number of benzene rings is 2. The molecule has 0 radical (unpaired) electrons. The second kappa shape index (κ2) is 11.5. The van der Waals surface area contributed by atoms with Crippen molar-refractivity contribution >= 4 is 23.1 Å². The first-order valence-corrected chi connectivity index (χ1v) is 12.2. The van der Waals surface area contributed by atoms with E-state index in [-0.39, 0.29) is 17.9 Å². The van der Waals surface area contributed by atoms with E-state index in [2.05, 4.69) is 20.6 Å². The van der Waals surface area contributed by atoms with Crippen LogP contribution in [-0.4, -0.2) is 22.7 Å². The molecule has 36 heavy (non-hydrogen) atoms. The van der Waals surface area contributed by atoms with Gasteiger partial charge in [0, 0.05) is 17.6 Å². The molecule has 3 aromatic rings. The fourth-order valence-corrected chi connectivity index (χ4v) is 3.90. The highest BCUT2D eigenvalue weighted by atomic mass is 19.4. The van der Waals surface area contributed by atoms with E-state index in [0.29, 0.717) is 29.6 Å². The average Bonchev–Trinajstić information content (AvgIpc) is 2.85. The molecule has 4 rings (SSSR count). The molecule has 1 saturated carbocycles. The van der Waals surface area contributed by atoms with E-state index < -0.39 is 11.7 Å². The van der Waals surface area contributed by atoms with E-state index in [1.54, 1.807) is 36.4 Å². The molecule has 0 aliphatic heterocycles. The van der Waals surface area contributed by atoms with Crippen LogP contribution in [0.3, 0.4) is 0 Å². The summed E-state index contributed by atoms with van der Waals surface area (Å²) < 4.78 is 52.5. The summed E-state index contributed by atoms with van der Waals surface area (Å²) >= 11 is 0. The zero-order chi connectivity index (χ0) is 25.5. The van der Waals surface area contributed by atoms with Crippen molar-refractivity contribution in [1.29, 1.82) is 0 Å². The zero-order valence-electron chi connectivity index (χ0n) is 20.4. The topological polar surface area (TPSA) is 68.3 Å². The van der Waals surface area contributed by atoms with Gasteiger partial charge in [-0.1, -0.05) is 20.3 Å². The Kier molecular flexibility index (Phi) is 8.18. The summed E-state index contributed by atoms with van der Waals surface area (Å²) in [5, 5.41) is 5.74. The monoisotopic (exact) mass is 500 g/mol. The van der Waals surface area contributed by atoms with Gasteiger partial charge in [-0.05, 0) is 80.1 Å². The van der Waals surface area contributed by atoms with E-state index in [0.717, 1.165) is 24.8 Å². The number of halogens is 3. The Morgan fingerprint density at radius 2 is 1.50 bits per heavy atom. The van der Waals surface area contributed by atoms with Gasteiger partial charge in [0.15, 0.2) is 0 Å². The molecule has 9 heteroatoms. The van der Waals surface area contributed by atoms with E-state index >= 15 is 0 Å². The van der Waals surface area contributed by atoms with Crippen molar-refractivity contribution in [2.24, 2.45) is 5.92 Å². The molecule has 1 fully saturated rings. The zero-order valence-corrected chi connectivity index (χ0v) is 20.4. The smallest absolute Gasteiger partial charge is 0.421 e. The lowest BCUT2D eigenvalue weighted by Gasteiger charge is -2.23.